The Balaban J connectivity index is 1.12. The van der Waals surface area contributed by atoms with Gasteiger partial charge in [-0.1, -0.05) is 6.07 Å². The molecule has 1 aromatic heterocycles. The molecule has 0 atom stereocenters. The quantitative estimate of drug-likeness (QED) is 0.482. The standard InChI is InChI=1S/C25H24N2O6S/c1-16-26-19(15-34-16)13-30-20-6-4-5-17(11-20)24(29)31-14-23(28)27-18-7-8-21-22(12-18)33-25(32-21)9-2-3-10-25/h4-8,11-12,15H,2-3,9-10,13-14H2,1H3,(H,27,28). The molecule has 2 heterocycles. The normalized spacial score (nSPS) is 15.3. The lowest BCUT2D eigenvalue weighted by Crippen LogP contribution is -2.34. The van der Waals surface area contributed by atoms with Gasteiger partial charge in [-0.3, -0.25) is 4.79 Å². The minimum Gasteiger partial charge on any atom is -0.487 e. The SMILES string of the molecule is Cc1nc(COc2cccc(C(=O)OCC(=O)Nc3ccc4c(c3)OC3(CCCC3)O4)c2)cs1. The van der Waals surface area contributed by atoms with Gasteiger partial charge in [-0.25, -0.2) is 9.78 Å². The van der Waals surface area contributed by atoms with Crippen LogP contribution in [0.25, 0.3) is 0 Å². The number of amides is 1. The number of carbonyl (C=O) groups excluding carboxylic acids is 2. The molecule has 5 rings (SSSR count). The molecule has 8 nitrogen and oxygen atoms in total. The zero-order valence-corrected chi connectivity index (χ0v) is 19.5. The monoisotopic (exact) mass is 480 g/mol. The van der Waals surface area contributed by atoms with Crippen LogP contribution in [0.15, 0.2) is 47.8 Å². The van der Waals surface area contributed by atoms with E-state index >= 15 is 0 Å². The summed E-state index contributed by atoms with van der Waals surface area (Å²) in [5.41, 5.74) is 1.67. The van der Waals surface area contributed by atoms with E-state index in [1.54, 1.807) is 53.8 Å². The third-order valence-corrected chi connectivity index (χ3v) is 6.46. The molecule has 1 aliphatic heterocycles. The molecule has 1 fully saturated rings. The summed E-state index contributed by atoms with van der Waals surface area (Å²) in [6, 6.07) is 11.9. The smallest absolute Gasteiger partial charge is 0.338 e. The fraction of sp³-hybridized carbons (Fsp3) is 0.320. The molecule has 0 bridgehead atoms. The fourth-order valence-corrected chi connectivity index (χ4v) is 4.64. The predicted molar refractivity (Wildman–Crippen MR) is 125 cm³/mol. The minimum absolute atomic E-state index is 0.296. The van der Waals surface area contributed by atoms with Gasteiger partial charge in [0.2, 0.25) is 0 Å². The van der Waals surface area contributed by atoms with Gasteiger partial charge in [0.1, 0.15) is 12.4 Å². The number of thiazole rings is 1. The van der Waals surface area contributed by atoms with Gasteiger partial charge in [-0.2, -0.15) is 0 Å². The van der Waals surface area contributed by atoms with E-state index in [9.17, 15) is 9.59 Å². The number of ether oxygens (including phenoxy) is 4. The summed E-state index contributed by atoms with van der Waals surface area (Å²) in [6.07, 6.45) is 3.86. The number of esters is 1. The van der Waals surface area contributed by atoms with Crippen LogP contribution in [0.4, 0.5) is 5.69 Å². The van der Waals surface area contributed by atoms with Crippen molar-refractivity contribution in [2.24, 2.45) is 0 Å². The first-order valence-corrected chi connectivity index (χ1v) is 12.0. The molecule has 0 saturated heterocycles. The summed E-state index contributed by atoms with van der Waals surface area (Å²) < 4.78 is 22.9. The second-order valence-electron chi connectivity index (χ2n) is 8.28. The third kappa shape index (κ3) is 4.99. The van der Waals surface area contributed by atoms with Crippen molar-refractivity contribution in [3.63, 3.8) is 0 Å². The van der Waals surface area contributed by atoms with E-state index in [4.69, 9.17) is 18.9 Å². The second-order valence-corrected chi connectivity index (χ2v) is 9.34. The molecular weight excluding hydrogens is 456 g/mol. The molecule has 2 aliphatic rings. The van der Waals surface area contributed by atoms with Gasteiger partial charge in [0, 0.05) is 30.0 Å². The van der Waals surface area contributed by atoms with Gasteiger partial charge < -0.3 is 24.3 Å². The van der Waals surface area contributed by atoms with Crippen molar-refractivity contribution in [2.45, 2.75) is 45.0 Å². The first-order valence-electron chi connectivity index (χ1n) is 11.1. The number of anilines is 1. The average molecular weight is 481 g/mol. The average Bonchev–Trinajstić information content (AvgIpc) is 3.56. The highest BCUT2D eigenvalue weighted by atomic mass is 32.1. The Kier molecular flexibility index (Phi) is 6.10. The molecule has 34 heavy (non-hydrogen) atoms. The number of aromatic nitrogens is 1. The Hall–Kier alpha value is -3.59. The summed E-state index contributed by atoms with van der Waals surface area (Å²) in [6.45, 7) is 1.82. The molecule has 0 unspecified atom stereocenters. The first-order chi connectivity index (χ1) is 16.5. The Morgan fingerprint density at radius 1 is 1.12 bits per heavy atom. The number of hydrogen-bond donors (Lipinski definition) is 1. The zero-order chi connectivity index (χ0) is 23.5. The van der Waals surface area contributed by atoms with Crippen LogP contribution >= 0.6 is 11.3 Å². The van der Waals surface area contributed by atoms with Crippen molar-refractivity contribution in [1.82, 2.24) is 4.98 Å². The summed E-state index contributed by atoms with van der Waals surface area (Å²) in [7, 11) is 0. The van der Waals surface area contributed by atoms with Crippen molar-refractivity contribution < 1.29 is 28.5 Å². The van der Waals surface area contributed by atoms with Gasteiger partial charge in [-0.15, -0.1) is 11.3 Å². The molecule has 2 aromatic carbocycles. The molecule has 9 heteroatoms. The van der Waals surface area contributed by atoms with Crippen LogP contribution in [0.3, 0.4) is 0 Å². The summed E-state index contributed by atoms with van der Waals surface area (Å²) >= 11 is 1.55. The number of benzene rings is 2. The highest BCUT2D eigenvalue weighted by molar-refractivity contribution is 7.09. The van der Waals surface area contributed by atoms with Gasteiger partial charge >= 0.3 is 5.97 Å². The highest BCUT2D eigenvalue weighted by Crippen LogP contribution is 2.47. The molecule has 1 N–H and O–H groups in total. The summed E-state index contributed by atoms with van der Waals surface area (Å²) in [5, 5.41) is 5.62. The van der Waals surface area contributed by atoms with Crippen LogP contribution < -0.4 is 19.5 Å². The Morgan fingerprint density at radius 2 is 1.94 bits per heavy atom. The minimum atomic E-state index is -0.612. The second kappa shape index (κ2) is 9.34. The van der Waals surface area contributed by atoms with Crippen LogP contribution in [0.5, 0.6) is 17.2 Å². The van der Waals surface area contributed by atoms with E-state index in [1.165, 1.54) is 0 Å². The summed E-state index contributed by atoms with van der Waals surface area (Å²) in [5.74, 6) is 0.190. The number of hydrogen-bond acceptors (Lipinski definition) is 8. The van der Waals surface area contributed by atoms with E-state index in [-0.39, 0.29) is 0 Å². The van der Waals surface area contributed by atoms with E-state index in [1.807, 2.05) is 12.3 Å². The number of aryl methyl sites for hydroxylation is 1. The van der Waals surface area contributed by atoms with Gasteiger partial charge in [0.05, 0.1) is 16.3 Å². The van der Waals surface area contributed by atoms with E-state index in [0.29, 0.717) is 35.1 Å². The number of fused-ring (bicyclic) bond motifs is 1. The van der Waals surface area contributed by atoms with E-state index < -0.39 is 24.3 Å². The van der Waals surface area contributed by atoms with E-state index in [2.05, 4.69) is 10.3 Å². The number of nitrogens with zero attached hydrogens (tertiary/aromatic N) is 1. The largest absolute Gasteiger partial charge is 0.487 e. The van der Waals surface area contributed by atoms with Crippen molar-refractivity contribution >= 4 is 28.9 Å². The molecule has 3 aromatic rings. The molecule has 1 aliphatic carbocycles. The first kappa shape index (κ1) is 22.2. The Bertz CT molecular complexity index is 1220. The van der Waals surface area contributed by atoms with Gasteiger partial charge in [0.25, 0.3) is 11.7 Å². The lowest BCUT2D eigenvalue weighted by atomic mass is 10.2. The van der Waals surface area contributed by atoms with Crippen LogP contribution in [0, 0.1) is 6.92 Å². The lowest BCUT2D eigenvalue weighted by Gasteiger charge is -2.21. The molecule has 176 valence electrons. The molecule has 1 spiro atoms. The maximum Gasteiger partial charge on any atom is 0.338 e. The number of carbonyl (C=O) groups is 2. The van der Waals surface area contributed by atoms with Crippen LogP contribution in [-0.2, 0) is 16.1 Å². The highest BCUT2D eigenvalue weighted by Gasteiger charge is 2.44. The third-order valence-electron chi connectivity index (χ3n) is 5.64. The predicted octanol–water partition coefficient (Wildman–Crippen LogP) is 4.87. The maximum absolute atomic E-state index is 12.4. The van der Waals surface area contributed by atoms with Gasteiger partial charge in [-0.05, 0) is 50.1 Å². The van der Waals surface area contributed by atoms with Crippen molar-refractivity contribution in [2.75, 3.05) is 11.9 Å². The topological polar surface area (TPSA) is 96.0 Å². The molecule has 0 radical (unpaired) electrons. The lowest BCUT2D eigenvalue weighted by molar-refractivity contribution is -0.119. The molecule has 1 amide bonds. The van der Waals surface area contributed by atoms with Crippen molar-refractivity contribution in [3.8, 4) is 17.2 Å². The van der Waals surface area contributed by atoms with Crippen LogP contribution in [0.2, 0.25) is 0 Å². The van der Waals surface area contributed by atoms with Crippen LogP contribution in [-0.4, -0.2) is 29.3 Å². The van der Waals surface area contributed by atoms with Crippen molar-refractivity contribution in [1.29, 1.82) is 0 Å². The van der Waals surface area contributed by atoms with Gasteiger partial charge in [0.15, 0.2) is 18.1 Å². The molecule has 1 saturated carbocycles. The maximum atomic E-state index is 12.4. The van der Waals surface area contributed by atoms with Crippen LogP contribution in [0.1, 0.15) is 46.7 Å². The molecular formula is C25H24N2O6S. The Labute approximate surface area is 200 Å². The zero-order valence-electron chi connectivity index (χ0n) is 18.7. The fourth-order valence-electron chi connectivity index (χ4n) is 4.05. The number of nitrogens with one attached hydrogen (secondary N) is 1. The number of rotatable bonds is 7. The Morgan fingerprint density at radius 3 is 2.74 bits per heavy atom. The van der Waals surface area contributed by atoms with E-state index in [0.717, 1.165) is 36.4 Å². The van der Waals surface area contributed by atoms with Crippen molar-refractivity contribution in [3.05, 3.63) is 64.1 Å². The summed E-state index contributed by atoms with van der Waals surface area (Å²) in [4.78, 5) is 29.1.